The minimum absolute atomic E-state index is 0.0365. The van der Waals surface area contributed by atoms with Crippen molar-refractivity contribution in [2.45, 2.75) is 5.16 Å². The number of nitrogens with zero attached hydrogens (tertiary/aromatic N) is 2. The molecule has 2 aromatic carbocycles. The number of aliphatic carboxylic acids is 1. The molecule has 0 fully saturated rings. The molecule has 0 aliphatic carbocycles. The number of ether oxygens (including phenoxy) is 5. The smallest absolute Gasteiger partial charge is 0.342 e. The molecule has 33 heavy (non-hydrogen) atoms. The van der Waals surface area contributed by atoms with Crippen LogP contribution in [0.4, 0.5) is 0 Å². The van der Waals surface area contributed by atoms with E-state index in [2.05, 4.69) is 15.2 Å². The molecule has 3 rings (SSSR count). The van der Waals surface area contributed by atoms with Crippen LogP contribution in [-0.2, 0) is 4.79 Å². The molecule has 0 amide bonds. The van der Waals surface area contributed by atoms with Crippen molar-refractivity contribution in [3.8, 4) is 40.1 Å². The number of thioether (sulfide) groups is 1. The predicted octanol–water partition coefficient (Wildman–Crippen LogP) is 3.73. The van der Waals surface area contributed by atoms with Crippen LogP contribution in [0.2, 0.25) is 0 Å². The first-order valence-corrected chi connectivity index (χ1v) is 10.3. The maximum absolute atomic E-state index is 12.0. The lowest BCUT2D eigenvalue weighted by Gasteiger charge is -2.13. The minimum Gasteiger partial charge on any atom is -0.497 e. The Balaban J connectivity index is 1.97. The third kappa shape index (κ3) is 5.50. The van der Waals surface area contributed by atoms with Gasteiger partial charge >= 0.3 is 5.97 Å². The number of carboxylic acids is 1. The zero-order valence-electron chi connectivity index (χ0n) is 18.7. The van der Waals surface area contributed by atoms with Crippen LogP contribution in [0.1, 0.15) is 5.56 Å². The van der Waals surface area contributed by atoms with E-state index in [1.54, 1.807) is 44.6 Å². The van der Waals surface area contributed by atoms with Crippen LogP contribution in [0.3, 0.4) is 0 Å². The Bertz CT molecular complexity index is 1130. The second kappa shape index (κ2) is 10.6. The monoisotopic (exact) mass is 473 g/mol. The Labute approximate surface area is 194 Å². The van der Waals surface area contributed by atoms with Crippen LogP contribution in [0.25, 0.3) is 17.5 Å². The molecule has 174 valence electrons. The van der Waals surface area contributed by atoms with E-state index in [0.717, 1.165) is 11.8 Å². The molecule has 0 unspecified atom stereocenters. The molecule has 0 atom stereocenters. The van der Waals surface area contributed by atoms with Gasteiger partial charge in [-0.3, -0.25) is 5.10 Å². The van der Waals surface area contributed by atoms with E-state index in [1.807, 2.05) is 0 Å². The summed E-state index contributed by atoms with van der Waals surface area (Å²) in [6, 6.07) is 8.53. The van der Waals surface area contributed by atoms with Gasteiger partial charge in [-0.25, -0.2) is 9.78 Å². The average Bonchev–Trinajstić information content (AvgIpc) is 3.31. The van der Waals surface area contributed by atoms with Gasteiger partial charge in [-0.2, -0.15) is 0 Å². The molecule has 0 aliphatic heterocycles. The van der Waals surface area contributed by atoms with Crippen LogP contribution in [0, 0.1) is 0 Å². The zero-order chi connectivity index (χ0) is 24.0. The second-order valence-electron chi connectivity index (χ2n) is 6.43. The highest BCUT2D eigenvalue weighted by Gasteiger charge is 2.19. The van der Waals surface area contributed by atoms with E-state index in [9.17, 15) is 9.90 Å². The summed E-state index contributed by atoms with van der Waals surface area (Å²) in [5.41, 5.74) is 1.11. The van der Waals surface area contributed by atoms with E-state index in [-0.39, 0.29) is 10.1 Å². The molecule has 11 heteroatoms. The Kier molecular flexibility index (Phi) is 7.67. The molecular formula is C22H23N3O7S. The number of methoxy groups -OCH3 is 5. The molecule has 0 radical (unpaired) electrons. The zero-order valence-corrected chi connectivity index (χ0v) is 19.5. The summed E-state index contributed by atoms with van der Waals surface area (Å²) in [5.74, 6) is 1.74. The topological polar surface area (TPSA) is 125 Å². The first-order valence-electron chi connectivity index (χ1n) is 9.51. The van der Waals surface area contributed by atoms with E-state index in [1.165, 1.54) is 27.4 Å². The Morgan fingerprint density at radius 3 is 1.91 bits per heavy atom. The molecule has 0 bridgehead atoms. The van der Waals surface area contributed by atoms with Gasteiger partial charge in [0.05, 0.1) is 41.1 Å². The predicted molar refractivity (Wildman–Crippen MR) is 122 cm³/mol. The highest BCUT2D eigenvalue weighted by atomic mass is 32.2. The van der Waals surface area contributed by atoms with Crippen LogP contribution in [-0.4, -0.2) is 61.8 Å². The molecule has 0 saturated carbocycles. The van der Waals surface area contributed by atoms with E-state index >= 15 is 0 Å². The first kappa shape index (κ1) is 23.8. The van der Waals surface area contributed by atoms with Gasteiger partial charge in [0, 0.05) is 23.8 Å². The molecule has 10 nitrogen and oxygen atoms in total. The number of H-pyrrole nitrogens is 1. The van der Waals surface area contributed by atoms with Crippen molar-refractivity contribution < 1.29 is 33.6 Å². The Morgan fingerprint density at radius 2 is 1.42 bits per heavy atom. The first-order chi connectivity index (χ1) is 15.9. The minimum atomic E-state index is -1.16. The van der Waals surface area contributed by atoms with Crippen molar-refractivity contribution in [3.05, 3.63) is 40.8 Å². The third-order valence-corrected chi connectivity index (χ3v) is 5.41. The van der Waals surface area contributed by atoms with Crippen LogP contribution in [0.5, 0.6) is 28.7 Å². The van der Waals surface area contributed by atoms with Crippen molar-refractivity contribution in [1.82, 2.24) is 15.2 Å². The van der Waals surface area contributed by atoms with Crippen molar-refractivity contribution >= 4 is 23.8 Å². The Hall–Kier alpha value is -3.86. The highest BCUT2D eigenvalue weighted by molar-refractivity contribution is 8.04. The van der Waals surface area contributed by atoms with Crippen molar-refractivity contribution in [3.63, 3.8) is 0 Å². The van der Waals surface area contributed by atoms with Crippen molar-refractivity contribution in [2.75, 3.05) is 35.5 Å². The standard InChI is InChI=1S/C22H23N3O7S/c1-28-13-6-12(7-14(8-13)29-2)20-23-22(25-24-20)33-19(21(26)27)11-16-17(31-4)9-15(30-3)10-18(16)32-5/h6-11H,1-5H3,(H,26,27)(H,23,24,25)/b19-11-. The average molecular weight is 474 g/mol. The van der Waals surface area contributed by atoms with Gasteiger partial charge in [-0.15, -0.1) is 5.10 Å². The van der Waals surface area contributed by atoms with Gasteiger partial charge < -0.3 is 28.8 Å². The fraction of sp³-hybridized carbons (Fsp3) is 0.227. The van der Waals surface area contributed by atoms with Gasteiger partial charge in [-0.1, -0.05) is 0 Å². The second-order valence-corrected chi connectivity index (χ2v) is 7.44. The third-order valence-electron chi connectivity index (χ3n) is 4.53. The van der Waals surface area contributed by atoms with E-state index in [0.29, 0.717) is 45.7 Å². The largest absolute Gasteiger partial charge is 0.497 e. The lowest BCUT2D eigenvalue weighted by molar-refractivity contribution is -0.131. The summed E-state index contributed by atoms with van der Waals surface area (Å²) in [7, 11) is 7.56. The van der Waals surface area contributed by atoms with Gasteiger partial charge in [0.25, 0.3) is 0 Å². The SMILES string of the molecule is COc1cc(OC)cc(-c2nc(S/C(=C\c3c(OC)cc(OC)cc3OC)C(=O)O)n[nH]2)c1. The highest BCUT2D eigenvalue weighted by Crippen LogP contribution is 2.38. The molecule has 1 aromatic heterocycles. The summed E-state index contributed by atoms with van der Waals surface area (Å²) < 4.78 is 26.6. The van der Waals surface area contributed by atoms with E-state index in [4.69, 9.17) is 23.7 Å². The number of nitrogens with one attached hydrogen (secondary N) is 1. The van der Waals surface area contributed by atoms with Crippen molar-refractivity contribution in [1.29, 1.82) is 0 Å². The van der Waals surface area contributed by atoms with Gasteiger partial charge in [0.1, 0.15) is 33.7 Å². The maximum Gasteiger partial charge on any atom is 0.342 e. The molecule has 2 N–H and O–H groups in total. The number of aromatic amines is 1. The quantitative estimate of drug-likeness (QED) is 0.332. The lowest BCUT2D eigenvalue weighted by atomic mass is 10.1. The van der Waals surface area contributed by atoms with Crippen LogP contribution in [0.15, 0.2) is 40.4 Å². The number of carboxylic acid groups (broad SMARTS) is 1. The maximum atomic E-state index is 12.0. The molecule has 1 heterocycles. The summed E-state index contributed by atoms with van der Waals surface area (Å²) in [5, 5.41) is 17.0. The van der Waals surface area contributed by atoms with Gasteiger partial charge in [0.15, 0.2) is 5.82 Å². The number of rotatable bonds is 10. The molecule has 0 spiro atoms. The van der Waals surface area contributed by atoms with E-state index < -0.39 is 5.97 Å². The summed E-state index contributed by atoms with van der Waals surface area (Å²) in [4.78, 5) is 16.3. The van der Waals surface area contributed by atoms with Crippen LogP contribution >= 0.6 is 11.8 Å². The number of carbonyl (C=O) groups is 1. The Morgan fingerprint density at radius 1 is 0.879 bits per heavy atom. The number of aromatic nitrogens is 3. The fourth-order valence-corrected chi connectivity index (χ4v) is 3.59. The van der Waals surface area contributed by atoms with Gasteiger partial charge in [-0.05, 0) is 30.0 Å². The lowest BCUT2D eigenvalue weighted by Crippen LogP contribution is -2.00. The summed E-state index contributed by atoms with van der Waals surface area (Å²) >= 11 is 0.879. The number of hydrogen-bond donors (Lipinski definition) is 2. The van der Waals surface area contributed by atoms with Crippen molar-refractivity contribution in [2.24, 2.45) is 0 Å². The fourth-order valence-electron chi connectivity index (χ4n) is 2.90. The molecule has 0 saturated heterocycles. The summed E-state index contributed by atoms with van der Waals surface area (Å²) in [6.07, 6.45) is 1.44. The normalized spacial score (nSPS) is 11.1. The molecule has 3 aromatic rings. The summed E-state index contributed by atoms with van der Waals surface area (Å²) in [6.45, 7) is 0. The van der Waals surface area contributed by atoms with Gasteiger partial charge in [0.2, 0.25) is 5.16 Å². The molecule has 0 aliphatic rings. The van der Waals surface area contributed by atoms with Crippen LogP contribution < -0.4 is 23.7 Å². The number of benzene rings is 2. The number of hydrogen-bond acceptors (Lipinski definition) is 9. The molecular weight excluding hydrogens is 450 g/mol.